The van der Waals surface area contributed by atoms with Gasteiger partial charge in [-0.25, -0.2) is 0 Å². The zero-order valence-electron chi connectivity index (χ0n) is 21.7. The van der Waals surface area contributed by atoms with Crippen molar-refractivity contribution in [3.8, 4) is 28.7 Å². The van der Waals surface area contributed by atoms with E-state index in [0.717, 1.165) is 0 Å². The number of likely N-dealkylation sites (N-methyl/N-ethyl adjacent to an activating group) is 1. The lowest BCUT2D eigenvalue weighted by Gasteiger charge is -2.40. The second kappa shape index (κ2) is 10.7. The van der Waals surface area contributed by atoms with E-state index in [1.807, 2.05) is 18.2 Å². The Morgan fingerprint density at radius 3 is 2.00 bits per heavy atom. The maximum atomic E-state index is 14.0. The van der Waals surface area contributed by atoms with Gasteiger partial charge in [0.05, 0.1) is 53.2 Å². The average molecular weight is 507 g/mol. The summed E-state index contributed by atoms with van der Waals surface area (Å²) in [5.74, 6) is 0.984. The first-order valence-electron chi connectivity index (χ1n) is 11.6. The summed E-state index contributed by atoms with van der Waals surface area (Å²) >= 11 is 0. The Balaban J connectivity index is 1.91. The van der Waals surface area contributed by atoms with Gasteiger partial charge in [0, 0.05) is 12.6 Å². The molecule has 9 nitrogen and oxygen atoms in total. The largest absolute Gasteiger partial charge is 0.495 e. The molecule has 4 rings (SSSR count). The second-order valence-corrected chi connectivity index (χ2v) is 8.44. The quantitative estimate of drug-likeness (QED) is 0.487. The third kappa shape index (κ3) is 4.60. The fourth-order valence-electron chi connectivity index (χ4n) is 4.74. The van der Waals surface area contributed by atoms with Crippen LogP contribution in [-0.4, -0.2) is 59.3 Å². The lowest BCUT2D eigenvalue weighted by atomic mass is 9.79. The summed E-state index contributed by atoms with van der Waals surface area (Å²) < 4.78 is 27.3. The Bertz CT molecular complexity index is 1320. The molecule has 1 heterocycles. The van der Waals surface area contributed by atoms with E-state index in [1.54, 1.807) is 55.5 Å². The van der Waals surface area contributed by atoms with Crippen molar-refractivity contribution in [3.05, 3.63) is 71.3 Å². The molecular weight excluding hydrogens is 476 g/mol. The first-order valence-corrected chi connectivity index (χ1v) is 11.6. The summed E-state index contributed by atoms with van der Waals surface area (Å²) in [7, 11) is 9.31. The van der Waals surface area contributed by atoms with E-state index in [4.69, 9.17) is 23.7 Å². The van der Waals surface area contributed by atoms with Gasteiger partial charge in [0.2, 0.25) is 5.91 Å². The van der Waals surface area contributed by atoms with Crippen molar-refractivity contribution in [1.82, 2.24) is 4.90 Å². The van der Waals surface area contributed by atoms with E-state index in [0.29, 0.717) is 51.1 Å². The zero-order valence-corrected chi connectivity index (χ0v) is 21.7. The summed E-state index contributed by atoms with van der Waals surface area (Å²) in [5.41, 5.74) is 2.10. The number of fused-ring (bicyclic) bond motifs is 1. The van der Waals surface area contributed by atoms with Crippen molar-refractivity contribution in [2.24, 2.45) is 0 Å². The minimum absolute atomic E-state index is 0.253. The molecule has 1 aliphatic rings. The van der Waals surface area contributed by atoms with Crippen molar-refractivity contribution in [1.29, 1.82) is 0 Å². The highest BCUT2D eigenvalue weighted by Gasteiger charge is 2.44. The predicted octanol–water partition coefficient (Wildman–Crippen LogP) is 4.28. The van der Waals surface area contributed by atoms with Crippen LogP contribution >= 0.6 is 0 Å². The molecule has 37 heavy (non-hydrogen) atoms. The highest BCUT2D eigenvalue weighted by Crippen LogP contribution is 2.47. The minimum Gasteiger partial charge on any atom is -0.495 e. The summed E-state index contributed by atoms with van der Waals surface area (Å²) in [5, 5.41) is 2.99. The number of nitrogens with zero attached hydrogens (tertiary/aromatic N) is 1. The van der Waals surface area contributed by atoms with Gasteiger partial charge < -0.3 is 33.9 Å². The fourth-order valence-corrected chi connectivity index (χ4v) is 4.74. The van der Waals surface area contributed by atoms with E-state index in [9.17, 15) is 9.59 Å². The average Bonchev–Trinajstić information content (AvgIpc) is 2.93. The Labute approximate surface area is 215 Å². The molecule has 0 spiro atoms. The normalized spacial score (nSPS) is 16.5. The van der Waals surface area contributed by atoms with Crippen LogP contribution in [0.4, 0.5) is 5.69 Å². The lowest BCUT2D eigenvalue weighted by Crippen LogP contribution is -2.44. The molecule has 0 saturated carbocycles. The van der Waals surface area contributed by atoms with Gasteiger partial charge >= 0.3 is 0 Å². The number of carbonyl (C=O) groups excluding carboxylic acids is 2. The van der Waals surface area contributed by atoms with Crippen molar-refractivity contribution in [2.75, 3.05) is 47.9 Å². The van der Waals surface area contributed by atoms with Crippen LogP contribution in [0.3, 0.4) is 0 Å². The molecule has 3 aromatic carbocycles. The van der Waals surface area contributed by atoms with Crippen molar-refractivity contribution in [2.45, 2.75) is 12.0 Å². The molecule has 0 aliphatic carbocycles. The molecule has 0 radical (unpaired) electrons. The lowest BCUT2D eigenvalue weighted by molar-refractivity contribution is -0.119. The molecule has 0 saturated heterocycles. The number of anilines is 1. The Morgan fingerprint density at radius 2 is 1.35 bits per heavy atom. The smallest absolute Gasteiger partial charge is 0.254 e. The molecule has 0 bridgehead atoms. The van der Waals surface area contributed by atoms with Crippen molar-refractivity contribution < 1.29 is 33.3 Å². The first kappa shape index (κ1) is 25.7. The van der Waals surface area contributed by atoms with Crippen LogP contribution in [0.1, 0.15) is 33.4 Å². The summed E-state index contributed by atoms with van der Waals surface area (Å²) in [6.07, 6.45) is 0. The van der Waals surface area contributed by atoms with E-state index >= 15 is 0 Å². The van der Waals surface area contributed by atoms with E-state index in [1.165, 1.54) is 28.4 Å². The molecule has 9 heteroatoms. The molecule has 1 aliphatic heterocycles. The van der Waals surface area contributed by atoms with Crippen molar-refractivity contribution >= 4 is 17.5 Å². The van der Waals surface area contributed by atoms with Crippen molar-refractivity contribution in [3.63, 3.8) is 0 Å². The number of para-hydroxylation sites is 2. The highest BCUT2D eigenvalue weighted by molar-refractivity contribution is 6.05. The standard InChI is InChI=1S/C28H30N2O7/c1-30-26(16-11-12-21(34-3)22(13-16)35-4)25(27(31)29-19-9-7-8-10-20(19)33-2)17-14-23(36-5)24(37-6)15-18(17)28(30)32/h7-15,25-26H,1-6H3,(H,29,31). The van der Waals surface area contributed by atoms with Gasteiger partial charge in [-0.2, -0.15) is 0 Å². The molecule has 2 unspecified atom stereocenters. The Kier molecular flexibility index (Phi) is 7.42. The molecule has 2 amide bonds. The number of hydrogen-bond acceptors (Lipinski definition) is 7. The number of amides is 2. The number of hydrogen-bond donors (Lipinski definition) is 1. The van der Waals surface area contributed by atoms with Gasteiger partial charge in [0.1, 0.15) is 5.75 Å². The zero-order chi connectivity index (χ0) is 26.7. The number of rotatable bonds is 8. The maximum Gasteiger partial charge on any atom is 0.254 e. The monoisotopic (exact) mass is 506 g/mol. The van der Waals surface area contributed by atoms with Gasteiger partial charge in [-0.1, -0.05) is 18.2 Å². The summed E-state index contributed by atoms with van der Waals surface area (Å²) in [4.78, 5) is 29.2. The number of methoxy groups -OCH3 is 5. The van der Waals surface area contributed by atoms with Crippen LogP contribution in [0.2, 0.25) is 0 Å². The van der Waals surface area contributed by atoms with Crippen LogP contribution in [0, 0.1) is 0 Å². The van der Waals surface area contributed by atoms with E-state index < -0.39 is 12.0 Å². The fraction of sp³-hybridized carbons (Fsp3) is 0.286. The number of carbonyl (C=O) groups is 2. The van der Waals surface area contributed by atoms with Gasteiger partial charge in [0.15, 0.2) is 23.0 Å². The van der Waals surface area contributed by atoms with Gasteiger partial charge in [-0.15, -0.1) is 0 Å². The van der Waals surface area contributed by atoms with Crippen LogP contribution < -0.4 is 29.0 Å². The second-order valence-electron chi connectivity index (χ2n) is 8.44. The van der Waals surface area contributed by atoms with Gasteiger partial charge in [-0.05, 0) is 47.5 Å². The number of nitrogens with one attached hydrogen (secondary N) is 1. The van der Waals surface area contributed by atoms with Crippen LogP contribution in [0.25, 0.3) is 0 Å². The maximum absolute atomic E-state index is 14.0. The molecule has 194 valence electrons. The summed E-state index contributed by atoms with van der Waals surface area (Å²) in [6, 6.07) is 15.2. The first-order chi connectivity index (χ1) is 17.9. The Morgan fingerprint density at radius 1 is 0.757 bits per heavy atom. The van der Waals surface area contributed by atoms with E-state index in [-0.39, 0.29) is 11.8 Å². The Hall–Kier alpha value is -4.40. The molecule has 0 fully saturated rings. The predicted molar refractivity (Wildman–Crippen MR) is 138 cm³/mol. The van der Waals surface area contributed by atoms with Gasteiger partial charge in [-0.3, -0.25) is 9.59 Å². The molecule has 3 aromatic rings. The summed E-state index contributed by atoms with van der Waals surface area (Å²) in [6.45, 7) is 0. The third-order valence-electron chi connectivity index (χ3n) is 6.57. The third-order valence-corrected chi connectivity index (χ3v) is 6.57. The number of ether oxygens (including phenoxy) is 5. The molecule has 2 atom stereocenters. The highest BCUT2D eigenvalue weighted by atomic mass is 16.5. The van der Waals surface area contributed by atoms with E-state index in [2.05, 4.69) is 5.32 Å². The topological polar surface area (TPSA) is 95.6 Å². The number of benzene rings is 3. The van der Waals surface area contributed by atoms with Crippen LogP contribution in [0.5, 0.6) is 28.7 Å². The van der Waals surface area contributed by atoms with Crippen LogP contribution in [0.15, 0.2) is 54.6 Å². The SMILES string of the molecule is COc1ccccc1NC(=O)C1c2cc(OC)c(OC)cc2C(=O)N(C)C1c1ccc(OC)c(OC)c1. The van der Waals surface area contributed by atoms with Crippen LogP contribution in [-0.2, 0) is 4.79 Å². The van der Waals surface area contributed by atoms with Gasteiger partial charge in [0.25, 0.3) is 5.91 Å². The minimum atomic E-state index is -0.805. The molecular formula is C28H30N2O7. The molecule has 0 aromatic heterocycles. The molecule has 1 N–H and O–H groups in total.